The van der Waals surface area contributed by atoms with E-state index in [2.05, 4.69) is 4.99 Å². The molecule has 90 valence electrons. The van der Waals surface area contributed by atoms with Crippen LogP contribution in [0.1, 0.15) is 30.4 Å². The van der Waals surface area contributed by atoms with Crippen LogP contribution >= 0.6 is 0 Å². The molecule has 0 atom stereocenters. The molecule has 0 aliphatic heterocycles. The smallest absolute Gasteiger partial charge is 0.211 e. The molecule has 0 saturated heterocycles. The van der Waals surface area contributed by atoms with Crippen LogP contribution in [0.4, 0.5) is 8.78 Å². The van der Waals surface area contributed by atoms with Crippen molar-refractivity contribution in [3.63, 3.8) is 0 Å². The number of halogens is 2. The lowest BCUT2D eigenvalue weighted by Gasteiger charge is -2.37. The van der Waals surface area contributed by atoms with Gasteiger partial charge in [0, 0.05) is 6.42 Å². The van der Waals surface area contributed by atoms with Crippen LogP contribution in [0.15, 0.2) is 29.3 Å². The lowest BCUT2D eigenvalue weighted by Crippen LogP contribution is -2.31. The number of carbonyl (C=O) groups excluding carboxylic acids is 1. The van der Waals surface area contributed by atoms with E-state index in [1.165, 1.54) is 0 Å². The predicted molar refractivity (Wildman–Crippen MR) is 59.8 cm³/mol. The van der Waals surface area contributed by atoms with Gasteiger partial charge < -0.3 is 0 Å². The van der Waals surface area contributed by atoms with Crippen molar-refractivity contribution in [3.8, 4) is 0 Å². The maximum absolute atomic E-state index is 12.2. The number of aliphatic imine (C=N–C) groups is 1. The van der Waals surface area contributed by atoms with Gasteiger partial charge in [0.1, 0.15) is 0 Å². The number of rotatable bonds is 4. The van der Waals surface area contributed by atoms with E-state index in [1.54, 1.807) is 30.3 Å². The quantitative estimate of drug-likeness (QED) is 0.584. The van der Waals surface area contributed by atoms with E-state index >= 15 is 0 Å². The molecule has 0 aromatic heterocycles. The SMILES string of the molecule is O=C=NC1(c2ccc(CC(F)F)cc2)CCC1. The number of benzene rings is 1. The van der Waals surface area contributed by atoms with E-state index in [9.17, 15) is 13.6 Å². The third-order valence-electron chi connectivity index (χ3n) is 3.32. The zero-order valence-corrected chi connectivity index (χ0v) is 9.33. The van der Waals surface area contributed by atoms with E-state index in [-0.39, 0.29) is 6.42 Å². The van der Waals surface area contributed by atoms with Gasteiger partial charge in [0.25, 0.3) is 0 Å². The highest BCUT2D eigenvalue weighted by molar-refractivity contribution is 5.40. The average molecular weight is 237 g/mol. The van der Waals surface area contributed by atoms with E-state index in [4.69, 9.17) is 0 Å². The standard InChI is InChI=1S/C13H13F2NO/c14-12(15)8-10-2-4-11(5-3-10)13(16-9-17)6-1-7-13/h2-5,12H,1,6-8H2. The van der Waals surface area contributed by atoms with Crippen molar-refractivity contribution in [1.82, 2.24) is 0 Å². The normalized spacial score (nSPS) is 17.4. The van der Waals surface area contributed by atoms with Gasteiger partial charge in [-0.05, 0) is 30.4 Å². The highest BCUT2D eigenvalue weighted by Crippen LogP contribution is 2.44. The maximum atomic E-state index is 12.2. The Bertz CT molecular complexity index is 431. The molecule has 0 amide bonds. The van der Waals surface area contributed by atoms with Gasteiger partial charge in [-0.1, -0.05) is 24.3 Å². The molecule has 0 heterocycles. The Morgan fingerprint density at radius 3 is 2.35 bits per heavy atom. The van der Waals surface area contributed by atoms with Crippen LogP contribution in [0, 0.1) is 0 Å². The van der Waals surface area contributed by atoms with Gasteiger partial charge in [0.05, 0.1) is 5.54 Å². The molecule has 0 bridgehead atoms. The first-order chi connectivity index (χ1) is 8.16. The largest absolute Gasteiger partial charge is 0.242 e. The van der Waals surface area contributed by atoms with Crippen molar-refractivity contribution in [2.45, 2.75) is 37.6 Å². The van der Waals surface area contributed by atoms with Crippen molar-refractivity contribution in [3.05, 3.63) is 35.4 Å². The molecular formula is C13H13F2NO. The number of hydrogen-bond donors (Lipinski definition) is 0. The number of hydrogen-bond acceptors (Lipinski definition) is 2. The fourth-order valence-electron chi connectivity index (χ4n) is 2.19. The molecule has 17 heavy (non-hydrogen) atoms. The Balaban J connectivity index is 2.19. The second-order valence-corrected chi connectivity index (χ2v) is 4.38. The Labute approximate surface area is 98.4 Å². The summed E-state index contributed by atoms with van der Waals surface area (Å²) in [5.74, 6) is 0. The summed E-state index contributed by atoms with van der Waals surface area (Å²) in [6.45, 7) is 0. The van der Waals surface area contributed by atoms with Crippen LogP contribution in [-0.4, -0.2) is 12.5 Å². The molecule has 0 radical (unpaired) electrons. The van der Waals surface area contributed by atoms with Gasteiger partial charge in [0.2, 0.25) is 12.5 Å². The van der Waals surface area contributed by atoms with E-state index < -0.39 is 12.0 Å². The lowest BCUT2D eigenvalue weighted by molar-refractivity contribution is 0.149. The molecule has 1 aromatic carbocycles. The van der Waals surface area contributed by atoms with Crippen molar-refractivity contribution in [2.75, 3.05) is 0 Å². The minimum Gasteiger partial charge on any atom is -0.211 e. The molecule has 2 nitrogen and oxygen atoms in total. The van der Waals surface area contributed by atoms with Gasteiger partial charge in [-0.2, -0.15) is 4.99 Å². The Morgan fingerprint density at radius 1 is 1.29 bits per heavy atom. The Hall–Kier alpha value is -1.54. The van der Waals surface area contributed by atoms with Crippen LogP contribution in [0.2, 0.25) is 0 Å². The molecule has 0 N–H and O–H groups in total. The molecule has 1 fully saturated rings. The first kappa shape index (κ1) is 11.9. The van der Waals surface area contributed by atoms with Crippen LogP contribution in [-0.2, 0) is 16.8 Å². The Morgan fingerprint density at radius 2 is 1.94 bits per heavy atom. The topological polar surface area (TPSA) is 29.4 Å². The maximum Gasteiger partial charge on any atom is 0.242 e. The van der Waals surface area contributed by atoms with Crippen LogP contribution in [0.3, 0.4) is 0 Å². The average Bonchev–Trinajstić information content (AvgIpc) is 2.24. The minimum absolute atomic E-state index is 0.232. The monoisotopic (exact) mass is 237 g/mol. The van der Waals surface area contributed by atoms with Gasteiger partial charge in [-0.15, -0.1) is 0 Å². The lowest BCUT2D eigenvalue weighted by atomic mass is 9.72. The van der Waals surface area contributed by atoms with E-state index in [1.807, 2.05) is 0 Å². The first-order valence-electron chi connectivity index (χ1n) is 5.63. The molecule has 1 aliphatic carbocycles. The van der Waals surface area contributed by atoms with E-state index in [0.717, 1.165) is 24.8 Å². The van der Waals surface area contributed by atoms with Gasteiger partial charge in [-0.3, -0.25) is 0 Å². The predicted octanol–water partition coefficient (Wildman–Crippen LogP) is 3.21. The molecule has 2 rings (SSSR count). The number of nitrogens with zero attached hydrogens (tertiary/aromatic N) is 1. The van der Waals surface area contributed by atoms with Crippen molar-refractivity contribution >= 4 is 6.08 Å². The summed E-state index contributed by atoms with van der Waals surface area (Å²) in [4.78, 5) is 14.3. The minimum atomic E-state index is -2.33. The Kier molecular flexibility index (Phi) is 3.34. The van der Waals surface area contributed by atoms with Gasteiger partial charge >= 0.3 is 0 Å². The fourth-order valence-corrected chi connectivity index (χ4v) is 2.19. The highest BCUT2D eigenvalue weighted by Gasteiger charge is 2.38. The van der Waals surface area contributed by atoms with Crippen LogP contribution < -0.4 is 0 Å². The van der Waals surface area contributed by atoms with Gasteiger partial charge in [0.15, 0.2) is 0 Å². The number of alkyl halides is 2. The molecule has 1 saturated carbocycles. The molecule has 1 aromatic rings. The summed E-state index contributed by atoms with van der Waals surface area (Å²) in [6.07, 6.45) is 1.74. The summed E-state index contributed by atoms with van der Waals surface area (Å²) in [6, 6.07) is 6.94. The molecule has 0 spiro atoms. The highest BCUT2D eigenvalue weighted by atomic mass is 19.3. The zero-order chi connectivity index (χ0) is 12.3. The molecular weight excluding hydrogens is 224 g/mol. The molecule has 0 unspecified atom stereocenters. The second kappa shape index (κ2) is 4.76. The third-order valence-corrected chi connectivity index (χ3v) is 3.32. The summed E-state index contributed by atoms with van der Waals surface area (Å²) >= 11 is 0. The fraction of sp³-hybridized carbons (Fsp3) is 0.462. The number of isocyanates is 1. The summed E-state index contributed by atoms with van der Waals surface area (Å²) in [5, 5.41) is 0. The second-order valence-electron chi connectivity index (χ2n) is 4.38. The zero-order valence-electron chi connectivity index (χ0n) is 9.33. The van der Waals surface area contributed by atoms with Crippen LogP contribution in [0.25, 0.3) is 0 Å². The molecule has 4 heteroatoms. The molecule has 1 aliphatic rings. The first-order valence-corrected chi connectivity index (χ1v) is 5.63. The van der Waals surface area contributed by atoms with Crippen molar-refractivity contribution in [1.29, 1.82) is 0 Å². The third kappa shape index (κ3) is 2.42. The summed E-state index contributed by atoms with van der Waals surface area (Å²) in [7, 11) is 0. The summed E-state index contributed by atoms with van der Waals surface area (Å²) in [5.41, 5.74) is 1.09. The van der Waals surface area contributed by atoms with E-state index in [0.29, 0.717) is 5.56 Å². The summed E-state index contributed by atoms with van der Waals surface area (Å²) < 4.78 is 24.4. The van der Waals surface area contributed by atoms with Crippen LogP contribution in [0.5, 0.6) is 0 Å². The van der Waals surface area contributed by atoms with Gasteiger partial charge in [-0.25, -0.2) is 13.6 Å². The van der Waals surface area contributed by atoms with Crippen molar-refractivity contribution in [2.24, 2.45) is 4.99 Å². The van der Waals surface area contributed by atoms with Crippen molar-refractivity contribution < 1.29 is 13.6 Å².